The summed E-state index contributed by atoms with van der Waals surface area (Å²) >= 11 is 0. The van der Waals surface area contributed by atoms with E-state index in [1.54, 1.807) is 48.5 Å². The molecule has 0 atom stereocenters. The SMILES string of the molecule is CC(=O)CC1(c2ccccc2)C(=O)c2ccccc2C1=O. The Morgan fingerprint density at radius 2 is 1.33 bits per heavy atom. The van der Waals surface area contributed by atoms with Crippen molar-refractivity contribution >= 4 is 17.3 Å². The summed E-state index contributed by atoms with van der Waals surface area (Å²) < 4.78 is 0. The van der Waals surface area contributed by atoms with Gasteiger partial charge in [-0.25, -0.2) is 0 Å². The number of hydrogen-bond acceptors (Lipinski definition) is 3. The minimum absolute atomic E-state index is 0.0939. The average molecular weight is 278 g/mol. The van der Waals surface area contributed by atoms with Crippen LogP contribution in [0.1, 0.15) is 39.6 Å². The van der Waals surface area contributed by atoms with Crippen LogP contribution in [-0.4, -0.2) is 17.3 Å². The number of ketones is 3. The van der Waals surface area contributed by atoms with Crippen LogP contribution in [0.15, 0.2) is 54.6 Å². The molecule has 0 heterocycles. The second-order valence-electron chi connectivity index (χ2n) is 5.35. The van der Waals surface area contributed by atoms with Crippen molar-refractivity contribution in [3.8, 4) is 0 Å². The summed E-state index contributed by atoms with van der Waals surface area (Å²) in [6, 6.07) is 15.6. The van der Waals surface area contributed by atoms with Crippen LogP contribution < -0.4 is 0 Å². The quantitative estimate of drug-likeness (QED) is 0.811. The highest BCUT2D eigenvalue weighted by molar-refractivity contribution is 6.34. The summed E-state index contributed by atoms with van der Waals surface area (Å²) in [6.45, 7) is 1.41. The van der Waals surface area contributed by atoms with Gasteiger partial charge in [0.15, 0.2) is 11.6 Å². The van der Waals surface area contributed by atoms with E-state index in [1.807, 2.05) is 6.07 Å². The number of Topliss-reactive ketones (excluding diaryl/α,β-unsaturated/α-hetero) is 3. The third-order valence-corrected chi connectivity index (χ3v) is 3.97. The van der Waals surface area contributed by atoms with Gasteiger partial charge in [-0.1, -0.05) is 54.6 Å². The topological polar surface area (TPSA) is 51.2 Å². The normalized spacial score (nSPS) is 15.9. The first-order valence-corrected chi connectivity index (χ1v) is 6.81. The zero-order valence-corrected chi connectivity index (χ0v) is 11.6. The Kier molecular flexibility index (Phi) is 3.05. The number of fused-ring (bicyclic) bond motifs is 1. The molecule has 0 saturated carbocycles. The van der Waals surface area contributed by atoms with Crippen LogP contribution in [0.4, 0.5) is 0 Å². The van der Waals surface area contributed by atoms with Gasteiger partial charge in [0, 0.05) is 17.5 Å². The molecule has 2 aromatic rings. The van der Waals surface area contributed by atoms with Crippen molar-refractivity contribution in [1.29, 1.82) is 0 Å². The van der Waals surface area contributed by atoms with Crippen molar-refractivity contribution in [3.05, 3.63) is 71.3 Å². The van der Waals surface area contributed by atoms with Crippen molar-refractivity contribution < 1.29 is 14.4 Å². The van der Waals surface area contributed by atoms with E-state index in [9.17, 15) is 14.4 Å². The van der Waals surface area contributed by atoms with Crippen molar-refractivity contribution in [2.24, 2.45) is 0 Å². The number of carbonyl (C=O) groups is 3. The highest BCUT2D eigenvalue weighted by atomic mass is 16.2. The monoisotopic (exact) mass is 278 g/mol. The first kappa shape index (κ1) is 13.4. The van der Waals surface area contributed by atoms with E-state index >= 15 is 0 Å². The highest BCUT2D eigenvalue weighted by Gasteiger charge is 2.54. The molecule has 0 bridgehead atoms. The third-order valence-electron chi connectivity index (χ3n) is 3.97. The van der Waals surface area contributed by atoms with Crippen LogP contribution in [0.3, 0.4) is 0 Å². The number of benzene rings is 2. The van der Waals surface area contributed by atoms with E-state index in [0.29, 0.717) is 16.7 Å². The second kappa shape index (κ2) is 4.77. The summed E-state index contributed by atoms with van der Waals surface area (Å²) in [6.07, 6.45) is -0.0939. The van der Waals surface area contributed by atoms with Crippen molar-refractivity contribution in [2.45, 2.75) is 18.8 Å². The first-order valence-electron chi connectivity index (χ1n) is 6.81. The fraction of sp³-hybridized carbons (Fsp3) is 0.167. The van der Waals surface area contributed by atoms with Crippen molar-refractivity contribution in [2.75, 3.05) is 0 Å². The molecule has 1 aliphatic carbocycles. The molecule has 1 aliphatic rings. The summed E-state index contributed by atoms with van der Waals surface area (Å²) in [5, 5.41) is 0. The molecule has 0 radical (unpaired) electrons. The van der Waals surface area contributed by atoms with Gasteiger partial charge in [0.25, 0.3) is 0 Å². The Hall–Kier alpha value is -2.55. The third kappa shape index (κ3) is 1.85. The molecule has 0 unspecified atom stereocenters. The van der Waals surface area contributed by atoms with Gasteiger partial charge < -0.3 is 0 Å². The zero-order valence-electron chi connectivity index (χ0n) is 11.6. The molecule has 0 N–H and O–H groups in total. The number of rotatable bonds is 3. The van der Waals surface area contributed by atoms with Gasteiger partial charge in [0.05, 0.1) is 0 Å². The van der Waals surface area contributed by atoms with E-state index in [4.69, 9.17) is 0 Å². The lowest BCUT2D eigenvalue weighted by molar-refractivity contribution is -0.117. The smallest absolute Gasteiger partial charge is 0.182 e. The van der Waals surface area contributed by atoms with Gasteiger partial charge in [0.1, 0.15) is 11.2 Å². The fourth-order valence-corrected chi connectivity index (χ4v) is 3.06. The van der Waals surface area contributed by atoms with Crippen LogP contribution in [0.5, 0.6) is 0 Å². The molecule has 0 spiro atoms. The molecule has 0 amide bonds. The maximum absolute atomic E-state index is 12.9. The van der Waals surface area contributed by atoms with E-state index in [0.717, 1.165) is 0 Å². The standard InChI is InChI=1S/C18H14O3/c1-12(19)11-18(13-7-3-2-4-8-13)16(20)14-9-5-6-10-15(14)17(18)21/h2-10H,11H2,1H3. The van der Waals surface area contributed by atoms with E-state index in [2.05, 4.69) is 0 Å². The Bertz CT molecular complexity index is 709. The Morgan fingerprint density at radius 1 is 0.857 bits per heavy atom. The minimum Gasteiger partial charge on any atom is -0.300 e. The molecule has 3 nitrogen and oxygen atoms in total. The lowest BCUT2D eigenvalue weighted by Crippen LogP contribution is -2.40. The van der Waals surface area contributed by atoms with Crippen LogP contribution in [-0.2, 0) is 10.2 Å². The second-order valence-corrected chi connectivity index (χ2v) is 5.35. The molecule has 2 aromatic carbocycles. The molecule has 3 heteroatoms. The van der Waals surface area contributed by atoms with E-state index in [1.165, 1.54) is 6.92 Å². The van der Waals surface area contributed by atoms with E-state index in [-0.39, 0.29) is 23.8 Å². The van der Waals surface area contributed by atoms with Gasteiger partial charge in [-0.05, 0) is 12.5 Å². The first-order chi connectivity index (χ1) is 10.1. The molecule has 3 rings (SSSR count). The van der Waals surface area contributed by atoms with Gasteiger partial charge in [-0.15, -0.1) is 0 Å². The molecule has 21 heavy (non-hydrogen) atoms. The van der Waals surface area contributed by atoms with Crippen LogP contribution in [0.2, 0.25) is 0 Å². The summed E-state index contributed by atoms with van der Waals surface area (Å²) in [5.41, 5.74) is 0.0168. The minimum atomic E-state index is -1.39. The maximum atomic E-state index is 12.9. The van der Waals surface area contributed by atoms with Gasteiger partial charge in [-0.2, -0.15) is 0 Å². The van der Waals surface area contributed by atoms with Gasteiger partial charge in [0.2, 0.25) is 0 Å². The highest BCUT2D eigenvalue weighted by Crippen LogP contribution is 2.42. The fourth-order valence-electron chi connectivity index (χ4n) is 3.06. The van der Waals surface area contributed by atoms with Gasteiger partial charge >= 0.3 is 0 Å². The molecule has 0 aromatic heterocycles. The Labute approximate surface area is 122 Å². The van der Waals surface area contributed by atoms with Crippen molar-refractivity contribution in [3.63, 3.8) is 0 Å². The molecule has 0 saturated heterocycles. The molecule has 0 aliphatic heterocycles. The maximum Gasteiger partial charge on any atom is 0.182 e. The van der Waals surface area contributed by atoms with Crippen LogP contribution in [0.25, 0.3) is 0 Å². The van der Waals surface area contributed by atoms with Crippen molar-refractivity contribution in [1.82, 2.24) is 0 Å². The van der Waals surface area contributed by atoms with Crippen LogP contribution >= 0.6 is 0 Å². The Morgan fingerprint density at radius 3 is 1.81 bits per heavy atom. The molecular weight excluding hydrogens is 264 g/mol. The average Bonchev–Trinajstić information content (AvgIpc) is 2.71. The largest absolute Gasteiger partial charge is 0.300 e. The number of hydrogen-bond donors (Lipinski definition) is 0. The van der Waals surface area contributed by atoms with Gasteiger partial charge in [-0.3, -0.25) is 14.4 Å². The molecule has 104 valence electrons. The zero-order chi connectivity index (χ0) is 15.0. The predicted octanol–water partition coefficient (Wildman–Crippen LogP) is 2.98. The van der Waals surface area contributed by atoms with E-state index < -0.39 is 5.41 Å². The summed E-state index contributed by atoms with van der Waals surface area (Å²) in [7, 11) is 0. The Balaban J connectivity index is 2.26. The lowest BCUT2D eigenvalue weighted by atomic mass is 9.72. The van der Waals surface area contributed by atoms with Crippen LogP contribution in [0, 0.1) is 0 Å². The lowest BCUT2D eigenvalue weighted by Gasteiger charge is -2.25. The summed E-state index contributed by atoms with van der Waals surface area (Å²) in [4.78, 5) is 37.5. The number of carbonyl (C=O) groups excluding carboxylic acids is 3. The predicted molar refractivity (Wildman–Crippen MR) is 78.5 cm³/mol. The molecular formula is C18H14O3. The summed E-state index contributed by atoms with van der Waals surface area (Å²) in [5.74, 6) is -0.720. The molecule has 0 fully saturated rings.